The molecular weight excluding hydrogens is 614 g/mol. The average molecular weight is 674 g/mol. The summed E-state index contributed by atoms with van der Waals surface area (Å²) in [5.41, 5.74) is 0.594. The molecule has 1 amide bonds. The second-order valence-electron chi connectivity index (χ2n) is 16.4. The van der Waals surface area contributed by atoms with Gasteiger partial charge in [0.15, 0.2) is 14.1 Å². The molecule has 1 fully saturated rings. The zero-order valence-electron chi connectivity index (χ0n) is 31.3. The van der Waals surface area contributed by atoms with Crippen LogP contribution in [0, 0.1) is 11.8 Å². The van der Waals surface area contributed by atoms with Crippen molar-refractivity contribution >= 4 is 32.1 Å². The molecule has 47 heavy (non-hydrogen) atoms. The number of esters is 1. The van der Waals surface area contributed by atoms with Crippen molar-refractivity contribution in [2.75, 3.05) is 5.32 Å². The van der Waals surface area contributed by atoms with Crippen LogP contribution in [0.3, 0.4) is 0 Å². The molecule has 2 heterocycles. The number of hydrogen-bond donors (Lipinski definition) is 1. The second kappa shape index (κ2) is 14.1. The Balaban J connectivity index is 1.80. The number of carbonyl (C=O) groups is 2. The van der Waals surface area contributed by atoms with E-state index < -0.39 is 37.6 Å². The second-order valence-corrected chi connectivity index (χ2v) is 21.2. The van der Waals surface area contributed by atoms with Crippen LogP contribution in [-0.4, -0.2) is 55.9 Å². The molecule has 1 aromatic rings. The monoisotopic (exact) mass is 673 g/mol. The molecule has 0 radical (unpaired) electrons. The SMILES string of the molecule is CC(/C=C\[C@@H](C)[C@H](C)O[Si](C)(C)C(C)(C)C)[C@H]1OC(C)(C)O[C@H]1C/C=C/c1cc(NC(=O)OC(C)(C)C)cc2c1C(=O)OC(C)(C)O2. The van der Waals surface area contributed by atoms with Crippen LogP contribution in [0.5, 0.6) is 5.75 Å². The van der Waals surface area contributed by atoms with E-state index in [2.05, 4.69) is 72.1 Å². The third kappa shape index (κ3) is 10.7. The minimum atomic E-state index is -1.88. The molecule has 1 aromatic carbocycles. The number of amides is 1. The van der Waals surface area contributed by atoms with E-state index in [1.54, 1.807) is 46.8 Å². The smallest absolute Gasteiger partial charge is 0.412 e. The van der Waals surface area contributed by atoms with E-state index >= 15 is 0 Å². The normalized spacial score (nSPS) is 23.2. The van der Waals surface area contributed by atoms with Crippen LogP contribution in [0.4, 0.5) is 10.5 Å². The Labute approximate surface area is 283 Å². The zero-order valence-corrected chi connectivity index (χ0v) is 32.3. The van der Waals surface area contributed by atoms with Gasteiger partial charge in [-0.05, 0) is 83.6 Å². The number of hydrogen-bond acceptors (Lipinski definition) is 8. The molecular formula is C37H59NO8Si. The number of nitrogens with one attached hydrogen (secondary N) is 1. The molecule has 0 aliphatic carbocycles. The maximum absolute atomic E-state index is 13.1. The quantitative estimate of drug-likeness (QED) is 0.149. The molecule has 10 heteroatoms. The van der Waals surface area contributed by atoms with Crippen LogP contribution in [0.15, 0.2) is 30.4 Å². The number of anilines is 1. The molecule has 0 aromatic heterocycles. The molecule has 0 spiro atoms. The summed E-state index contributed by atoms with van der Waals surface area (Å²) in [5, 5.41) is 2.91. The van der Waals surface area contributed by atoms with E-state index in [1.165, 1.54) is 0 Å². The summed E-state index contributed by atoms with van der Waals surface area (Å²) >= 11 is 0. The predicted octanol–water partition coefficient (Wildman–Crippen LogP) is 9.48. The Morgan fingerprint density at radius 2 is 1.62 bits per heavy atom. The van der Waals surface area contributed by atoms with Crippen LogP contribution in [0.1, 0.15) is 112 Å². The number of ether oxygens (including phenoxy) is 5. The lowest BCUT2D eigenvalue weighted by atomic mass is 9.94. The molecule has 2 aliphatic heterocycles. The lowest BCUT2D eigenvalue weighted by Crippen LogP contribution is -2.44. The van der Waals surface area contributed by atoms with Crippen molar-refractivity contribution in [2.45, 2.75) is 150 Å². The van der Waals surface area contributed by atoms with E-state index in [-0.39, 0.29) is 40.7 Å². The highest BCUT2D eigenvalue weighted by atomic mass is 28.4. The lowest BCUT2D eigenvalue weighted by Gasteiger charge is -2.39. The van der Waals surface area contributed by atoms with Gasteiger partial charge in [0.2, 0.25) is 5.79 Å². The summed E-state index contributed by atoms with van der Waals surface area (Å²) in [4.78, 5) is 25.6. The van der Waals surface area contributed by atoms with Gasteiger partial charge in [0.05, 0.1) is 12.2 Å². The van der Waals surface area contributed by atoms with Crippen LogP contribution in [0.2, 0.25) is 18.1 Å². The highest BCUT2D eigenvalue weighted by molar-refractivity contribution is 6.74. The van der Waals surface area contributed by atoms with E-state index in [9.17, 15) is 9.59 Å². The van der Waals surface area contributed by atoms with Gasteiger partial charge in [0.25, 0.3) is 0 Å². The van der Waals surface area contributed by atoms with E-state index in [0.717, 1.165) is 0 Å². The van der Waals surface area contributed by atoms with Crippen LogP contribution < -0.4 is 10.1 Å². The van der Waals surface area contributed by atoms with Gasteiger partial charge in [0, 0.05) is 37.6 Å². The van der Waals surface area contributed by atoms with Gasteiger partial charge in [-0.25, -0.2) is 9.59 Å². The molecule has 0 saturated carbocycles. The number of cyclic esters (lactones) is 1. The fourth-order valence-electron chi connectivity index (χ4n) is 5.31. The lowest BCUT2D eigenvalue weighted by molar-refractivity contribution is -0.148. The molecule has 0 bridgehead atoms. The van der Waals surface area contributed by atoms with Crippen molar-refractivity contribution in [3.8, 4) is 5.75 Å². The van der Waals surface area contributed by atoms with Crippen molar-refractivity contribution in [3.05, 3.63) is 41.5 Å². The van der Waals surface area contributed by atoms with Gasteiger partial charge in [-0.2, -0.15) is 0 Å². The van der Waals surface area contributed by atoms with Gasteiger partial charge in [0.1, 0.15) is 16.9 Å². The molecule has 9 nitrogen and oxygen atoms in total. The van der Waals surface area contributed by atoms with E-state index in [0.29, 0.717) is 23.4 Å². The molecule has 1 N–H and O–H groups in total. The minimum Gasteiger partial charge on any atom is -0.452 e. The van der Waals surface area contributed by atoms with Crippen molar-refractivity contribution in [3.63, 3.8) is 0 Å². The van der Waals surface area contributed by atoms with Crippen molar-refractivity contribution in [1.82, 2.24) is 0 Å². The minimum absolute atomic E-state index is 0.0809. The molecule has 264 valence electrons. The molecule has 1 saturated heterocycles. The zero-order chi connectivity index (χ0) is 35.8. The van der Waals surface area contributed by atoms with Gasteiger partial charge < -0.3 is 28.1 Å². The highest BCUT2D eigenvalue weighted by Gasteiger charge is 2.43. The number of carbonyl (C=O) groups excluding carboxylic acids is 2. The van der Waals surface area contributed by atoms with Crippen molar-refractivity contribution in [2.24, 2.45) is 11.8 Å². The van der Waals surface area contributed by atoms with Gasteiger partial charge in [-0.1, -0.05) is 58.9 Å². The topological polar surface area (TPSA) is 102 Å². The number of fused-ring (bicyclic) bond motifs is 1. The summed E-state index contributed by atoms with van der Waals surface area (Å²) in [6, 6.07) is 3.31. The standard InChI is InChI=1S/C37H59NO8Si/c1-23(25(3)46-47(14,15)35(7,8)9)19-20-24(2)31-28(41-36(10,11)43-31)18-16-17-26-21-27(38-33(40)45-34(4,5)6)22-29-30(26)32(39)44-37(12,13)42-29/h16-17,19-25,28,31H,18H2,1-15H3,(H,38,40)/b17-16+,20-19-/t23-,24?,25+,28+,31-/m1/s1. The number of benzene rings is 1. The first-order valence-corrected chi connectivity index (χ1v) is 19.7. The van der Waals surface area contributed by atoms with Crippen LogP contribution in [-0.2, 0) is 23.4 Å². The predicted molar refractivity (Wildman–Crippen MR) is 189 cm³/mol. The van der Waals surface area contributed by atoms with E-state index in [4.69, 9.17) is 28.1 Å². The molecule has 3 rings (SSSR count). The Morgan fingerprint density at radius 1 is 0.979 bits per heavy atom. The fourth-order valence-corrected chi connectivity index (χ4v) is 6.80. The largest absolute Gasteiger partial charge is 0.452 e. The third-order valence-electron chi connectivity index (χ3n) is 8.83. The van der Waals surface area contributed by atoms with Crippen LogP contribution >= 0.6 is 0 Å². The van der Waals surface area contributed by atoms with Crippen molar-refractivity contribution in [1.29, 1.82) is 0 Å². The Bertz CT molecular complexity index is 1350. The van der Waals surface area contributed by atoms with Crippen LogP contribution in [0.25, 0.3) is 6.08 Å². The van der Waals surface area contributed by atoms with Gasteiger partial charge >= 0.3 is 12.1 Å². The highest BCUT2D eigenvalue weighted by Crippen LogP contribution is 2.40. The van der Waals surface area contributed by atoms with E-state index in [1.807, 2.05) is 26.0 Å². The maximum atomic E-state index is 13.1. The fraction of sp³-hybridized carbons (Fsp3) is 0.676. The number of rotatable bonds is 10. The van der Waals surface area contributed by atoms with Crippen molar-refractivity contribution < 1.29 is 37.7 Å². The Kier molecular flexibility index (Phi) is 11.6. The Hall–Kier alpha value is -2.66. The van der Waals surface area contributed by atoms with Gasteiger partial charge in [-0.15, -0.1) is 0 Å². The summed E-state index contributed by atoms with van der Waals surface area (Å²) in [6.07, 6.45) is 7.84. The maximum Gasteiger partial charge on any atom is 0.412 e. The average Bonchev–Trinajstić information content (AvgIpc) is 3.17. The Morgan fingerprint density at radius 3 is 2.21 bits per heavy atom. The summed E-state index contributed by atoms with van der Waals surface area (Å²) < 4.78 is 36.3. The third-order valence-corrected chi connectivity index (χ3v) is 13.4. The molecule has 5 atom stereocenters. The molecule has 1 unspecified atom stereocenters. The van der Waals surface area contributed by atoms with Gasteiger partial charge in [-0.3, -0.25) is 5.32 Å². The summed E-state index contributed by atoms with van der Waals surface area (Å²) in [5.74, 6) is -1.76. The summed E-state index contributed by atoms with van der Waals surface area (Å²) in [7, 11) is -1.88. The molecule has 2 aliphatic rings. The first-order chi connectivity index (χ1) is 21.3. The summed E-state index contributed by atoms with van der Waals surface area (Å²) in [6.45, 7) is 30.4. The first kappa shape index (κ1) is 38.8. The first-order valence-electron chi connectivity index (χ1n) is 16.8.